The lowest BCUT2D eigenvalue weighted by Crippen LogP contribution is -2.37. The molecular weight excluding hydrogens is 606 g/mol. The number of aromatic carboxylic acids is 1. The predicted molar refractivity (Wildman–Crippen MR) is 175 cm³/mol. The molecule has 2 aromatic carbocycles. The van der Waals surface area contributed by atoms with Gasteiger partial charge in [0.2, 0.25) is 5.91 Å². The standard InChI is InChI=1S/C35H41N5O5.ClH/c1-22-31(23(2)37-35(36-22)45-29-14-8-13-26(17-29)34(43)44)33(42)40-20-27-18-39(19-28(27)21-40)16-15-30(24-9-4-3-5-10-24)38-32(41)25-11-6-7-12-25;/h3-5,8-10,13-14,17,25,27-28,30H,6-7,11-12,15-16,18-21H2,1-2H3,(H,38,41)(H,43,44);1H/t27?,28?,30-;/m0./s1. The third kappa shape index (κ3) is 7.50. The van der Waals surface area contributed by atoms with Crippen LogP contribution in [0.1, 0.15) is 75.8 Å². The number of amides is 2. The summed E-state index contributed by atoms with van der Waals surface area (Å²) in [5.41, 5.74) is 2.80. The van der Waals surface area contributed by atoms with Gasteiger partial charge in [0.05, 0.1) is 28.6 Å². The summed E-state index contributed by atoms with van der Waals surface area (Å²) < 4.78 is 5.74. The molecule has 0 spiro atoms. The highest BCUT2D eigenvalue weighted by Crippen LogP contribution is 2.34. The molecule has 2 saturated heterocycles. The number of fused-ring (bicyclic) bond motifs is 1. The van der Waals surface area contributed by atoms with Gasteiger partial charge in [0.1, 0.15) is 5.75 Å². The number of aryl methyl sites for hydroxylation is 2. The van der Waals surface area contributed by atoms with Crippen molar-refractivity contribution < 1.29 is 24.2 Å². The van der Waals surface area contributed by atoms with Crippen molar-refractivity contribution >= 4 is 30.2 Å². The predicted octanol–water partition coefficient (Wildman–Crippen LogP) is 5.45. The second kappa shape index (κ2) is 14.6. The van der Waals surface area contributed by atoms with Gasteiger partial charge in [-0.1, -0.05) is 49.2 Å². The molecular formula is C35H42ClN5O5. The summed E-state index contributed by atoms with van der Waals surface area (Å²) in [6, 6.07) is 16.5. The molecule has 11 heteroatoms. The van der Waals surface area contributed by atoms with Gasteiger partial charge in [-0.3, -0.25) is 9.59 Å². The molecule has 3 fully saturated rings. The maximum Gasteiger partial charge on any atom is 0.335 e. The lowest BCUT2D eigenvalue weighted by atomic mass is 10.0. The molecule has 3 aromatic rings. The first-order valence-corrected chi connectivity index (χ1v) is 16.0. The van der Waals surface area contributed by atoms with E-state index in [-0.39, 0.29) is 47.8 Å². The smallest absolute Gasteiger partial charge is 0.335 e. The van der Waals surface area contributed by atoms with E-state index in [2.05, 4.69) is 32.3 Å². The summed E-state index contributed by atoms with van der Waals surface area (Å²) in [6.07, 6.45) is 5.12. The van der Waals surface area contributed by atoms with E-state index in [1.807, 2.05) is 23.1 Å². The number of nitrogens with zero attached hydrogens (tertiary/aromatic N) is 4. The van der Waals surface area contributed by atoms with E-state index in [4.69, 9.17) is 4.74 Å². The van der Waals surface area contributed by atoms with Crippen molar-refractivity contribution in [3.8, 4) is 11.8 Å². The Morgan fingerprint density at radius 2 is 1.59 bits per heavy atom. The third-order valence-corrected chi connectivity index (χ3v) is 9.58. The molecule has 2 aliphatic heterocycles. The first-order chi connectivity index (χ1) is 21.7. The molecule has 1 aliphatic carbocycles. The molecule has 3 atom stereocenters. The van der Waals surface area contributed by atoms with Crippen molar-refractivity contribution in [1.82, 2.24) is 25.1 Å². The van der Waals surface area contributed by atoms with Crippen LogP contribution in [0.4, 0.5) is 0 Å². The molecule has 2 unspecified atom stereocenters. The maximum absolute atomic E-state index is 13.7. The van der Waals surface area contributed by atoms with Crippen molar-refractivity contribution in [3.63, 3.8) is 0 Å². The Kier molecular flexibility index (Phi) is 10.6. The Labute approximate surface area is 276 Å². The zero-order valence-electron chi connectivity index (χ0n) is 26.4. The first-order valence-electron chi connectivity index (χ1n) is 16.0. The quantitative estimate of drug-likeness (QED) is 0.298. The number of carboxylic acids is 1. The molecule has 1 aromatic heterocycles. The van der Waals surface area contributed by atoms with Crippen molar-refractivity contribution in [2.45, 2.75) is 52.0 Å². The SMILES string of the molecule is Cc1nc(Oc2cccc(C(=O)O)c2)nc(C)c1C(=O)N1CC2CN(CC[C@H](NC(=O)C3CCCC3)c3ccccc3)CC2C1.Cl. The molecule has 0 bridgehead atoms. The average molecular weight is 648 g/mol. The molecule has 10 nitrogen and oxygen atoms in total. The minimum atomic E-state index is -1.05. The van der Waals surface area contributed by atoms with Crippen molar-refractivity contribution in [1.29, 1.82) is 0 Å². The number of aromatic nitrogens is 2. The van der Waals surface area contributed by atoms with Gasteiger partial charge in [-0.05, 0) is 68.7 Å². The van der Waals surface area contributed by atoms with Crippen molar-refractivity contribution in [2.75, 3.05) is 32.7 Å². The number of ether oxygens (including phenoxy) is 1. The van der Waals surface area contributed by atoms with Crippen LogP contribution in [0, 0.1) is 31.6 Å². The van der Waals surface area contributed by atoms with Crippen LogP contribution < -0.4 is 10.1 Å². The van der Waals surface area contributed by atoms with Gasteiger partial charge in [0.25, 0.3) is 5.91 Å². The molecule has 3 aliphatic rings. The minimum Gasteiger partial charge on any atom is -0.478 e. The first kappa shape index (κ1) is 33.3. The Morgan fingerprint density at radius 1 is 0.935 bits per heavy atom. The van der Waals surface area contributed by atoms with Crippen LogP contribution in [0.3, 0.4) is 0 Å². The number of hydrogen-bond acceptors (Lipinski definition) is 7. The van der Waals surface area contributed by atoms with Gasteiger partial charge in [-0.2, -0.15) is 9.97 Å². The van der Waals surface area contributed by atoms with Crippen LogP contribution in [-0.2, 0) is 4.79 Å². The zero-order valence-corrected chi connectivity index (χ0v) is 27.2. The fourth-order valence-corrected chi connectivity index (χ4v) is 7.23. The van der Waals surface area contributed by atoms with Crippen LogP contribution in [0.25, 0.3) is 0 Å². The fourth-order valence-electron chi connectivity index (χ4n) is 7.23. The second-order valence-corrected chi connectivity index (χ2v) is 12.7. The van der Waals surface area contributed by atoms with Gasteiger partial charge in [-0.15, -0.1) is 12.4 Å². The van der Waals surface area contributed by atoms with Crippen molar-refractivity contribution in [2.24, 2.45) is 17.8 Å². The van der Waals surface area contributed by atoms with Crippen LogP contribution >= 0.6 is 12.4 Å². The average Bonchev–Trinajstić information content (AvgIpc) is 3.77. The fraction of sp³-hybridized carbons (Fsp3) is 0.457. The van der Waals surface area contributed by atoms with E-state index < -0.39 is 5.97 Å². The number of rotatable bonds is 10. The highest BCUT2D eigenvalue weighted by Gasteiger charge is 2.42. The Bertz CT molecular complexity index is 1530. The van der Waals surface area contributed by atoms with Crippen LogP contribution in [0.15, 0.2) is 54.6 Å². The van der Waals surface area contributed by atoms with Gasteiger partial charge >= 0.3 is 12.0 Å². The number of likely N-dealkylation sites (tertiary alicyclic amines) is 2. The Morgan fingerprint density at radius 3 is 2.22 bits per heavy atom. The normalized spacial score (nSPS) is 20.2. The van der Waals surface area contributed by atoms with Gasteiger partial charge in [0.15, 0.2) is 0 Å². The number of benzene rings is 2. The van der Waals surface area contributed by atoms with Gasteiger partial charge in [-0.25, -0.2) is 4.79 Å². The van der Waals surface area contributed by atoms with E-state index >= 15 is 0 Å². The largest absolute Gasteiger partial charge is 0.478 e. The maximum atomic E-state index is 13.7. The van der Waals surface area contributed by atoms with E-state index in [1.165, 1.54) is 12.1 Å². The van der Waals surface area contributed by atoms with Crippen LogP contribution in [-0.4, -0.2) is 75.4 Å². The summed E-state index contributed by atoms with van der Waals surface area (Å²) in [5.74, 6) is 0.344. The Hall–Kier alpha value is -4.02. The highest BCUT2D eigenvalue weighted by molar-refractivity contribution is 5.96. The topological polar surface area (TPSA) is 125 Å². The molecule has 2 amide bonds. The second-order valence-electron chi connectivity index (χ2n) is 12.7. The van der Waals surface area contributed by atoms with Crippen molar-refractivity contribution in [3.05, 3.63) is 82.7 Å². The van der Waals surface area contributed by atoms with Crippen LogP contribution in [0.5, 0.6) is 11.8 Å². The molecule has 1 saturated carbocycles. The molecule has 46 heavy (non-hydrogen) atoms. The number of carbonyl (C=O) groups excluding carboxylic acids is 2. The van der Waals surface area contributed by atoms with Crippen LogP contribution in [0.2, 0.25) is 0 Å². The summed E-state index contributed by atoms with van der Waals surface area (Å²) >= 11 is 0. The monoisotopic (exact) mass is 647 g/mol. The third-order valence-electron chi connectivity index (χ3n) is 9.58. The molecule has 244 valence electrons. The summed E-state index contributed by atoms with van der Waals surface area (Å²) in [6.45, 7) is 7.70. The molecule has 3 heterocycles. The number of carboxylic acid groups (broad SMARTS) is 1. The minimum absolute atomic E-state index is 0. The van der Waals surface area contributed by atoms with Gasteiger partial charge in [0, 0.05) is 38.6 Å². The lowest BCUT2D eigenvalue weighted by molar-refractivity contribution is -0.125. The number of halogens is 1. The zero-order chi connectivity index (χ0) is 31.5. The number of hydrogen-bond donors (Lipinski definition) is 2. The van der Waals surface area contributed by atoms with E-state index in [1.54, 1.807) is 26.0 Å². The molecule has 0 radical (unpaired) electrons. The lowest BCUT2D eigenvalue weighted by Gasteiger charge is -2.26. The molecule has 2 N–H and O–H groups in total. The summed E-state index contributed by atoms with van der Waals surface area (Å²) in [7, 11) is 0. The van der Waals surface area contributed by atoms with E-state index in [0.717, 1.165) is 57.3 Å². The van der Waals surface area contributed by atoms with Gasteiger partial charge < -0.3 is 25.0 Å². The Balaban J connectivity index is 0.00000417. The molecule has 6 rings (SSSR count). The number of carbonyl (C=O) groups is 3. The highest BCUT2D eigenvalue weighted by atomic mass is 35.5. The van der Waals surface area contributed by atoms with E-state index in [0.29, 0.717) is 47.6 Å². The number of nitrogens with one attached hydrogen (secondary N) is 1. The van der Waals surface area contributed by atoms with E-state index in [9.17, 15) is 19.5 Å². The summed E-state index contributed by atoms with van der Waals surface area (Å²) in [5, 5.41) is 12.6. The summed E-state index contributed by atoms with van der Waals surface area (Å²) in [4.78, 5) is 51.2.